The van der Waals surface area contributed by atoms with Crippen molar-refractivity contribution < 1.29 is 36.6 Å². The second-order valence-corrected chi connectivity index (χ2v) is 4.53. The van der Waals surface area contributed by atoms with Crippen molar-refractivity contribution in [3.63, 3.8) is 0 Å². The lowest BCUT2D eigenvalue weighted by Crippen LogP contribution is -2.39. The van der Waals surface area contributed by atoms with Crippen LogP contribution in [0.15, 0.2) is 46.0 Å². The number of carbonyl (C=O) groups excluding carboxylic acids is 1. The van der Waals surface area contributed by atoms with Crippen molar-refractivity contribution in [2.24, 2.45) is 10.2 Å². The van der Waals surface area contributed by atoms with Gasteiger partial charge in [-0.05, 0) is 26.0 Å². The molecule has 1 aromatic carbocycles. The molecule has 24 heavy (non-hydrogen) atoms. The molecule has 0 atom stereocenters. The zero-order valence-corrected chi connectivity index (χ0v) is 12.6. The number of carbonyl (C=O) groups is 1. The normalized spacial score (nSPS) is 13.8. The van der Waals surface area contributed by atoms with E-state index in [0.29, 0.717) is 0 Å². The minimum Gasteiger partial charge on any atom is -0.504 e. The molecular formula is C14H13F5N2O3. The van der Waals surface area contributed by atoms with E-state index in [1.54, 1.807) is 19.1 Å². The molecule has 0 heterocycles. The van der Waals surface area contributed by atoms with Gasteiger partial charge in [0.15, 0.2) is 0 Å². The summed E-state index contributed by atoms with van der Waals surface area (Å²) in [6.45, 7) is 2.72. The van der Waals surface area contributed by atoms with E-state index in [9.17, 15) is 31.9 Å². The van der Waals surface area contributed by atoms with Crippen LogP contribution in [-0.2, 0) is 9.53 Å². The standard InChI is InChI=1S/C14H13F5N2O3/c1-3-24-12(23)10(11(22)13(15,16)14(17,18)19)21-20-9-6-4-8(2)5-7-9/h4-7,22H,3H2,1-2H3/b11-10-,21-20?. The highest BCUT2D eigenvalue weighted by Crippen LogP contribution is 2.41. The van der Waals surface area contributed by atoms with E-state index in [1.807, 2.05) is 0 Å². The van der Waals surface area contributed by atoms with Gasteiger partial charge in [0.2, 0.25) is 11.5 Å². The third-order valence-corrected chi connectivity index (χ3v) is 2.65. The third-order valence-electron chi connectivity index (χ3n) is 2.65. The van der Waals surface area contributed by atoms with Crippen molar-refractivity contribution in [1.29, 1.82) is 0 Å². The van der Waals surface area contributed by atoms with Crippen molar-refractivity contribution in [2.45, 2.75) is 25.9 Å². The predicted octanol–water partition coefficient (Wildman–Crippen LogP) is 4.61. The molecule has 0 aromatic heterocycles. The summed E-state index contributed by atoms with van der Waals surface area (Å²) in [5, 5.41) is 15.6. The number of alkyl halides is 5. The maximum absolute atomic E-state index is 13.2. The maximum atomic E-state index is 13.2. The van der Waals surface area contributed by atoms with Crippen molar-refractivity contribution in [3.8, 4) is 0 Å². The minimum absolute atomic E-state index is 0.0746. The van der Waals surface area contributed by atoms with Gasteiger partial charge in [0.05, 0.1) is 12.3 Å². The lowest BCUT2D eigenvalue weighted by molar-refractivity contribution is -0.274. The smallest absolute Gasteiger partial charge is 0.461 e. The molecule has 0 unspecified atom stereocenters. The number of hydrogen-bond donors (Lipinski definition) is 1. The molecule has 132 valence electrons. The van der Waals surface area contributed by atoms with E-state index in [1.165, 1.54) is 19.1 Å². The number of hydrogen-bond acceptors (Lipinski definition) is 5. The number of halogens is 5. The average molecular weight is 352 g/mol. The molecule has 1 rings (SSSR count). The zero-order valence-electron chi connectivity index (χ0n) is 12.6. The van der Waals surface area contributed by atoms with Gasteiger partial charge in [-0.2, -0.15) is 27.1 Å². The highest BCUT2D eigenvalue weighted by Gasteiger charge is 2.62. The monoisotopic (exact) mass is 352 g/mol. The summed E-state index contributed by atoms with van der Waals surface area (Å²) in [6, 6.07) is 5.93. The van der Waals surface area contributed by atoms with Crippen molar-refractivity contribution in [3.05, 3.63) is 41.3 Å². The Hall–Kier alpha value is -2.52. The number of aliphatic hydroxyl groups is 1. The van der Waals surface area contributed by atoms with Crippen LogP contribution in [0.3, 0.4) is 0 Å². The Kier molecular flexibility index (Phi) is 5.99. The molecule has 1 N–H and O–H groups in total. The number of aryl methyl sites for hydroxylation is 1. The van der Waals surface area contributed by atoms with E-state index in [2.05, 4.69) is 15.0 Å². The van der Waals surface area contributed by atoms with Crippen molar-refractivity contribution >= 4 is 11.7 Å². The van der Waals surface area contributed by atoms with Crippen LogP contribution >= 0.6 is 0 Å². The second-order valence-electron chi connectivity index (χ2n) is 4.53. The number of rotatable bonds is 5. The van der Waals surface area contributed by atoms with E-state index in [0.717, 1.165) is 5.56 Å². The summed E-state index contributed by atoms with van der Waals surface area (Å²) in [5.41, 5.74) is -0.716. The lowest BCUT2D eigenvalue weighted by atomic mass is 10.2. The highest BCUT2D eigenvalue weighted by atomic mass is 19.4. The Labute approximate surface area is 133 Å². The first kappa shape index (κ1) is 19.5. The fraction of sp³-hybridized carbons (Fsp3) is 0.357. The SMILES string of the molecule is CCOC(=O)/C(N=Nc1ccc(C)cc1)=C(/O)C(F)(F)C(F)(F)F. The fourth-order valence-electron chi connectivity index (χ4n) is 1.39. The number of aliphatic hydroxyl groups excluding tert-OH is 1. The van der Waals surface area contributed by atoms with Gasteiger partial charge < -0.3 is 9.84 Å². The lowest BCUT2D eigenvalue weighted by Gasteiger charge is -2.19. The Morgan fingerprint density at radius 1 is 1.17 bits per heavy atom. The first-order valence-electron chi connectivity index (χ1n) is 6.54. The Morgan fingerprint density at radius 2 is 1.71 bits per heavy atom. The van der Waals surface area contributed by atoms with Crippen LogP contribution in [0.1, 0.15) is 12.5 Å². The molecule has 5 nitrogen and oxygen atoms in total. The van der Waals surface area contributed by atoms with Crippen LogP contribution in [0, 0.1) is 6.92 Å². The first-order chi connectivity index (χ1) is 11.0. The highest BCUT2D eigenvalue weighted by molar-refractivity contribution is 5.88. The van der Waals surface area contributed by atoms with Crippen LogP contribution in [-0.4, -0.2) is 29.8 Å². The number of azo groups is 1. The van der Waals surface area contributed by atoms with Crippen LogP contribution in [0.2, 0.25) is 0 Å². The minimum atomic E-state index is -6.12. The zero-order chi connectivity index (χ0) is 18.5. The first-order valence-corrected chi connectivity index (χ1v) is 6.54. The van der Waals surface area contributed by atoms with E-state index in [4.69, 9.17) is 0 Å². The summed E-state index contributed by atoms with van der Waals surface area (Å²) in [6.07, 6.45) is -6.12. The number of benzene rings is 1. The molecule has 10 heteroatoms. The van der Waals surface area contributed by atoms with Crippen LogP contribution in [0.4, 0.5) is 27.6 Å². The van der Waals surface area contributed by atoms with Crippen molar-refractivity contribution in [1.82, 2.24) is 0 Å². The van der Waals surface area contributed by atoms with E-state index < -0.39 is 29.5 Å². The molecule has 0 saturated heterocycles. The summed E-state index contributed by atoms with van der Waals surface area (Å²) in [4.78, 5) is 11.5. The molecule has 0 spiro atoms. The van der Waals surface area contributed by atoms with Gasteiger partial charge in [-0.3, -0.25) is 0 Å². The molecule has 0 aliphatic heterocycles. The maximum Gasteiger partial charge on any atom is 0.461 e. The molecule has 0 aliphatic rings. The van der Waals surface area contributed by atoms with Crippen LogP contribution in [0.5, 0.6) is 0 Å². The topological polar surface area (TPSA) is 71.2 Å². The molecule has 0 fully saturated rings. The molecule has 0 bridgehead atoms. The molecule has 0 saturated carbocycles. The van der Waals surface area contributed by atoms with E-state index >= 15 is 0 Å². The number of allylic oxidation sites excluding steroid dienone is 1. The van der Waals surface area contributed by atoms with Gasteiger partial charge in [-0.25, -0.2) is 4.79 Å². The van der Waals surface area contributed by atoms with Gasteiger partial charge in [0.1, 0.15) is 0 Å². The summed E-state index contributed by atoms with van der Waals surface area (Å²) < 4.78 is 67.7. The van der Waals surface area contributed by atoms with Gasteiger partial charge in [-0.1, -0.05) is 17.7 Å². The number of esters is 1. The quantitative estimate of drug-likeness (QED) is 0.277. The summed E-state index contributed by atoms with van der Waals surface area (Å²) in [5.74, 6) is -9.92. The van der Waals surface area contributed by atoms with Gasteiger partial charge in [-0.15, -0.1) is 5.11 Å². The van der Waals surface area contributed by atoms with Crippen LogP contribution in [0.25, 0.3) is 0 Å². The third kappa shape index (κ3) is 4.49. The number of nitrogens with zero attached hydrogens (tertiary/aromatic N) is 2. The number of ether oxygens (including phenoxy) is 1. The molecular weight excluding hydrogens is 339 g/mol. The average Bonchev–Trinajstić information content (AvgIpc) is 2.48. The van der Waals surface area contributed by atoms with Gasteiger partial charge >= 0.3 is 18.1 Å². The Bertz CT molecular complexity index is 651. The molecule has 0 aliphatic carbocycles. The molecule has 1 aromatic rings. The fourth-order valence-corrected chi connectivity index (χ4v) is 1.39. The van der Waals surface area contributed by atoms with E-state index in [-0.39, 0.29) is 12.3 Å². The van der Waals surface area contributed by atoms with Crippen LogP contribution < -0.4 is 0 Å². The Balaban J connectivity index is 3.33. The predicted molar refractivity (Wildman–Crippen MR) is 73.0 cm³/mol. The molecule has 0 radical (unpaired) electrons. The summed E-state index contributed by atoms with van der Waals surface area (Å²) in [7, 11) is 0. The largest absolute Gasteiger partial charge is 0.504 e. The second kappa shape index (κ2) is 7.37. The summed E-state index contributed by atoms with van der Waals surface area (Å²) >= 11 is 0. The van der Waals surface area contributed by atoms with Gasteiger partial charge in [0.25, 0.3) is 0 Å². The van der Waals surface area contributed by atoms with Crippen molar-refractivity contribution in [2.75, 3.05) is 6.61 Å². The van der Waals surface area contributed by atoms with Gasteiger partial charge in [0, 0.05) is 0 Å². The Morgan fingerprint density at radius 3 is 2.17 bits per heavy atom. The molecule has 0 amide bonds.